The number of rotatable bonds is 2. The summed E-state index contributed by atoms with van der Waals surface area (Å²) in [6.07, 6.45) is -2.47. The molecule has 5 atom stereocenters. The molecule has 0 radical (unpaired) electrons. The van der Waals surface area contributed by atoms with Crippen LogP contribution in [0.25, 0.3) is 11.0 Å². The number of ether oxygens (including phenoxy) is 1. The standard InChI is InChI=1S/C23H23ClO5/c1-12-20(25)21(26)22(27)23(29-12)7-6-13-11-18(24)15(10-17(13)23)9-16-8-14-4-2-3-5-19(14)28-16/h2-5,8,10-12,20-22,25-27H,6-7,9H2,1H3/t12-,20-,21+,22-,23+/m1/s1. The highest BCUT2D eigenvalue weighted by Crippen LogP contribution is 2.49. The van der Waals surface area contributed by atoms with Gasteiger partial charge < -0.3 is 24.5 Å². The third kappa shape index (κ3) is 2.92. The van der Waals surface area contributed by atoms with Crippen LogP contribution >= 0.6 is 11.6 Å². The molecule has 3 N–H and O–H groups in total. The van der Waals surface area contributed by atoms with Gasteiger partial charge in [0.2, 0.25) is 0 Å². The molecule has 3 aromatic rings. The molecule has 1 saturated heterocycles. The molecule has 29 heavy (non-hydrogen) atoms. The van der Waals surface area contributed by atoms with E-state index >= 15 is 0 Å². The van der Waals surface area contributed by atoms with Crippen LogP contribution < -0.4 is 0 Å². The van der Waals surface area contributed by atoms with Crippen molar-refractivity contribution in [1.29, 1.82) is 0 Å². The smallest absolute Gasteiger partial charge is 0.134 e. The summed E-state index contributed by atoms with van der Waals surface area (Å²) in [6.45, 7) is 1.71. The second kappa shape index (κ2) is 6.83. The first-order chi connectivity index (χ1) is 13.9. The first kappa shape index (κ1) is 19.1. The van der Waals surface area contributed by atoms with E-state index in [9.17, 15) is 15.3 Å². The van der Waals surface area contributed by atoms with Gasteiger partial charge in [0.1, 0.15) is 35.3 Å². The van der Waals surface area contributed by atoms with Gasteiger partial charge in [-0.15, -0.1) is 0 Å². The maximum absolute atomic E-state index is 10.8. The fourth-order valence-electron chi connectivity index (χ4n) is 4.80. The molecule has 0 saturated carbocycles. The lowest BCUT2D eigenvalue weighted by Gasteiger charge is -2.47. The van der Waals surface area contributed by atoms with Gasteiger partial charge in [0, 0.05) is 16.8 Å². The van der Waals surface area contributed by atoms with Crippen molar-refractivity contribution in [2.24, 2.45) is 0 Å². The molecule has 2 aliphatic rings. The van der Waals surface area contributed by atoms with Crippen LogP contribution in [-0.4, -0.2) is 39.7 Å². The summed E-state index contributed by atoms with van der Waals surface area (Å²) in [6, 6.07) is 13.7. The zero-order valence-electron chi connectivity index (χ0n) is 16.0. The first-order valence-electron chi connectivity index (χ1n) is 9.90. The summed E-state index contributed by atoms with van der Waals surface area (Å²) < 4.78 is 12.1. The molecule has 0 bridgehead atoms. The Hall–Kier alpha value is -1.89. The number of aliphatic hydroxyl groups excluding tert-OH is 3. The highest BCUT2D eigenvalue weighted by Gasteiger charge is 2.55. The minimum absolute atomic E-state index is 0.508. The van der Waals surface area contributed by atoms with Gasteiger partial charge in [0.05, 0.1) is 6.10 Å². The average molecular weight is 415 g/mol. The monoisotopic (exact) mass is 414 g/mol. The van der Waals surface area contributed by atoms with Crippen molar-refractivity contribution in [3.8, 4) is 0 Å². The molecule has 152 valence electrons. The van der Waals surface area contributed by atoms with E-state index in [4.69, 9.17) is 20.8 Å². The topological polar surface area (TPSA) is 83.1 Å². The third-order valence-electron chi connectivity index (χ3n) is 6.36. The fraction of sp³-hybridized carbons (Fsp3) is 0.391. The van der Waals surface area contributed by atoms with Gasteiger partial charge in [0.25, 0.3) is 0 Å². The zero-order chi connectivity index (χ0) is 20.3. The van der Waals surface area contributed by atoms with Gasteiger partial charge >= 0.3 is 0 Å². The average Bonchev–Trinajstić information content (AvgIpc) is 3.27. The van der Waals surface area contributed by atoms with Crippen LogP contribution in [0.3, 0.4) is 0 Å². The van der Waals surface area contributed by atoms with Crippen molar-refractivity contribution < 1.29 is 24.5 Å². The van der Waals surface area contributed by atoms with E-state index in [1.807, 2.05) is 42.5 Å². The summed E-state index contributed by atoms with van der Waals surface area (Å²) in [5, 5.41) is 33.0. The summed E-state index contributed by atoms with van der Waals surface area (Å²) in [4.78, 5) is 0. The molecule has 5 nitrogen and oxygen atoms in total. The summed E-state index contributed by atoms with van der Waals surface area (Å²) in [5.41, 5.74) is 2.49. The number of aliphatic hydroxyl groups is 3. The minimum atomic E-state index is -1.26. The normalized spacial score (nSPS) is 31.5. The lowest BCUT2D eigenvalue weighted by atomic mass is 9.80. The quantitative estimate of drug-likeness (QED) is 0.599. The number of para-hydroxylation sites is 1. The molecule has 1 spiro atoms. The van der Waals surface area contributed by atoms with E-state index in [0.29, 0.717) is 24.3 Å². The number of aryl methyl sites for hydroxylation is 1. The molecule has 2 heterocycles. The van der Waals surface area contributed by atoms with Gasteiger partial charge in [-0.05, 0) is 54.7 Å². The van der Waals surface area contributed by atoms with E-state index in [0.717, 1.165) is 33.4 Å². The summed E-state index contributed by atoms with van der Waals surface area (Å²) >= 11 is 6.57. The van der Waals surface area contributed by atoms with Crippen molar-refractivity contribution in [2.75, 3.05) is 0 Å². The van der Waals surface area contributed by atoms with Gasteiger partial charge in [0.15, 0.2) is 0 Å². The largest absolute Gasteiger partial charge is 0.461 e. The molecule has 5 rings (SSSR count). The maximum atomic E-state index is 10.8. The number of hydrogen-bond acceptors (Lipinski definition) is 5. The highest BCUT2D eigenvalue weighted by atomic mass is 35.5. The van der Waals surface area contributed by atoms with Crippen molar-refractivity contribution in [1.82, 2.24) is 0 Å². The Morgan fingerprint density at radius 3 is 2.69 bits per heavy atom. The predicted octanol–water partition coefficient (Wildman–Crippen LogP) is 3.32. The van der Waals surface area contributed by atoms with Crippen molar-refractivity contribution in [3.63, 3.8) is 0 Å². The van der Waals surface area contributed by atoms with Crippen LogP contribution in [-0.2, 0) is 23.2 Å². The van der Waals surface area contributed by atoms with E-state index in [1.54, 1.807) is 6.92 Å². The van der Waals surface area contributed by atoms with E-state index < -0.39 is 30.0 Å². The van der Waals surface area contributed by atoms with E-state index in [-0.39, 0.29) is 0 Å². The Balaban J connectivity index is 1.54. The van der Waals surface area contributed by atoms with Gasteiger partial charge in [-0.25, -0.2) is 0 Å². The van der Waals surface area contributed by atoms with E-state index in [2.05, 4.69) is 0 Å². The predicted molar refractivity (Wildman–Crippen MR) is 109 cm³/mol. The van der Waals surface area contributed by atoms with Crippen LogP contribution in [0.4, 0.5) is 0 Å². The van der Waals surface area contributed by atoms with Gasteiger partial charge in [-0.3, -0.25) is 0 Å². The van der Waals surface area contributed by atoms with Crippen LogP contribution in [0.15, 0.2) is 46.9 Å². The zero-order valence-corrected chi connectivity index (χ0v) is 16.8. The molecule has 1 aromatic heterocycles. The molecule has 1 aliphatic heterocycles. The molecule has 2 aromatic carbocycles. The van der Waals surface area contributed by atoms with Crippen LogP contribution in [0.2, 0.25) is 5.02 Å². The Labute approximate surface area is 173 Å². The fourth-order valence-corrected chi connectivity index (χ4v) is 5.06. The SMILES string of the molecule is C[C@H]1O[C@]2(CCc3cc(Cl)c(Cc4cc5ccccc5o4)cc32)[C@H](O)[C@@H](O)[C@@H]1O. The lowest BCUT2D eigenvalue weighted by Crippen LogP contribution is -2.61. The number of halogens is 1. The molecular weight excluding hydrogens is 392 g/mol. The molecule has 0 unspecified atom stereocenters. The molecular formula is C23H23ClO5. The minimum Gasteiger partial charge on any atom is -0.461 e. The van der Waals surface area contributed by atoms with Crippen molar-refractivity contribution in [3.05, 3.63) is 69.9 Å². The third-order valence-corrected chi connectivity index (χ3v) is 6.72. The van der Waals surface area contributed by atoms with Crippen LogP contribution in [0.1, 0.15) is 35.8 Å². The number of benzene rings is 2. The Morgan fingerprint density at radius 2 is 1.90 bits per heavy atom. The summed E-state index contributed by atoms with van der Waals surface area (Å²) in [7, 11) is 0. The van der Waals surface area contributed by atoms with Gasteiger partial charge in [-0.2, -0.15) is 0 Å². The van der Waals surface area contributed by atoms with Crippen molar-refractivity contribution in [2.45, 2.75) is 56.2 Å². The van der Waals surface area contributed by atoms with E-state index in [1.165, 1.54) is 0 Å². The molecule has 1 aliphatic carbocycles. The molecule has 1 fully saturated rings. The second-order valence-electron chi connectivity index (χ2n) is 8.17. The van der Waals surface area contributed by atoms with Crippen molar-refractivity contribution >= 4 is 22.6 Å². The maximum Gasteiger partial charge on any atom is 0.134 e. The highest BCUT2D eigenvalue weighted by molar-refractivity contribution is 6.31. The lowest BCUT2D eigenvalue weighted by molar-refractivity contribution is -0.268. The number of hydrogen-bond donors (Lipinski definition) is 3. The first-order valence-corrected chi connectivity index (χ1v) is 10.3. The Morgan fingerprint density at radius 1 is 1.10 bits per heavy atom. The molecule has 6 heteroatoms. The van der Waals surface area contributed by atoms with Gasteiger partial charge in [-0.1, -0.05) is 35.9 Å². The Bertz CT molecular complexity index is 1040. The Kier molecular flexibility index (Phi) is 4.49. The number of furan rings is 1. The molecule has 0 amide bonds. The number of fused-ring (bicyclic) bond motifs is 3. The second-order valence-corrected chi connectivity index (χ2v) is 8.57. The summed E-state index contributed by atoms with van der Waals surface area (Å²) in [5.74, 6) is 0.800. The van der Waals surface area contributed by atoms with Crippen LogP contribution in [0, 0.1) is 0 Å². The van der Waals surface area contributed by atoms with Crippen LogP contribution in [0.5, 0.6) is 0 Å².